The van der Waals surface area contributed by atoms with Crippen molar-refractivity contribution in [3.05, 3.63) is 144 Å². The minimum Gasteiger partial charge on any atom is -0.870 e. The fourth-order valence-corrected chi connectivity index (χ4v) is 12.0. The molecule has 0 aliphatic heterocycles. The third-order valence-electron chi connectivity index (χ3n) is 16.5. The largest absolute Gasteiger partial charge is 1.00 e. The Balaban J connectivity index is 0.000000570. The van der Waals surface area contributed by atoms with Gasteiger partial charge >= 0.3 is 36.8 Å². The molecule has 3 aliphatic carbocycles. The number of carboxylic acid groups (broad SMARTS) is 1. The summed E-state index contributed by atoms with van der Waals surface area (Å²) in [6, 6.07) is 39.6. The molecule has 0 aromatic heterocycles. The maximum atomic E-state index is 12.6. The summed E-state index contributed by atoms with van der Waals surface area (Å²) in [6.45, 7) is 12.3. The van der Waals surface area contributed by atoms with E-state index in [9.17, 15) is 33.9 Å². The van der Waals surface area contributed by atoms with Crippen LogP contribution >= 0.6 is 24.0 Å². The molecule has 2 amide bonds. The van der Waals surface area contributed by atoms with Crippen molar-refractivity contribution in [1.82, 2.24) is 15.5 Å². The number of hydrogen-bond acceptors (Lipinski definition) is 11. The zero-order valence-electron chi connectivity index (χ0n) is 52.6. The van der Waals surface area contributed by atoms with Crippen LogP contribution in [-0.2, 0) is 23.9 Å². The first kappa shape index (κ1) is 80.2. The smallest absolute Gasteiger partial charge is 0.870 e. The summed E-state index contributed by atoms with van der Waals surface area (Å²) in [6.07, 6.45) is 20.0. The Kier molecular flexibility index (Phi) is 39.2. The van der Waals surface area contributed by atoms with Crippen molar-refractivity contribution in [2.24, 2.45) is 23.5 Å². The quantitative estimate of drug-likeness (QED) is 0.0380. The number of nitrogens with zero attached hydrogens (tertiary/aromatic N) is 1. The van der Waals surface area contributed by atoms with Crippen LogP contribution in [0.4, 0.5) is 0 Å². The zero-order chi connectivity index (χ0) is 61.0. The number of methoxy groups -OCH3 is 2. The Morgan fingerprint density at radius 1 is 0.523 bits per heavy atom. The van der Waals surface area contributed by atoms with Gasteiger partial charge in [-0.1, -0.05) is 202 Å². The summed E-state index contributed by atoms with van der Waals surface area (Å²) in [5.41, 5.74) is 7.30. The number of carboxylic acids is 1. The molecule has 0 saturated heterocycles. The maximum absolute atomic E-state index is 12.6. The van der Waals surface area contributed by atoms with Gasteiger partial charge in [0.1, 0.15) is 18.1 Å². The van der Waals surface area contributed by atoms with Gasteiger partial charge in [-0.2, -0.15) is 0 Å². The minimum absolute atomic E-state index is 0. The second kappa shape index (κ2) is 43.0. The molecule has 0 bridgehead atoms. The van der Waals surface area contributed by atoms with Crippen molar-refractivity contribution in [3.63, 3.8) is 0 Å². The van der Waals surface area contributed by atoms with E-state index in [0.717, 1.165) is 83.8 Å². The second-order valence-corrected chi connectivity index (χ2v) is 23.6. The standard InChI is InChI=1S/C21H25NO3.C20H23NO3.C11H7ClO.C10H19NO2.C8H19N.CH4.ClH.Li.H2O/c1-25-21(24)19(13-15-7-3-2-4-8-15)22-20(23)18-12-11-16-9-5-6-10-17(16)14-18;22-19(17-11-10-15-8-4-5-9-16(15)13-17)21-18(20(23)24)12-14-6-2-1-3-7-14;12-11(13)10-6-5-8-3-1-2-4-9(8)7-10;1-13-10(12)9(11)7-8-5-3-2-4-6-8;1-6-9(7(2)3)8(4)5;;;;/h5-6,9-12,14-15,19H,2-4,7-8,13H2,1H3,(H,22,23);4-5,8-11,13-14,18H,1-3,6-7,12H2,(H,21,22)(H,23,24);1-7H;8-9H,2-7,11H2,1H3;7-8H,6H2,1-5H3;1H4;1H;;1H2/q;;;;;;;+1;/p-1/t19-;18-;;9-;;;;;/m11.1...../s1. The van der Waals surface area contributed by atoms with Crippen molar-refractivity contribution in [2.45, 2.75) is 188 Å². The fourth-order valence-electron chi connectivity index (χ4n) is 11.9. The molecule has 88 heavy (non-hydrogen) atoms. The van der Waals surface area contributed by atoms with Gasteiger partial charge in [0.25, 0.3) is 17.1 Å². The van der Waals surface area contributed by atoms with Crippen LogP contribution in [-0.4, -0.2) is 101 Å². The summed E-state index contributed by atoms with van der Waals surface area (Å²) in [7, 11) is 2.77. The summed E-state index contributed by atoms with van der Waals surface area (Å²) >= 11 is 5.36. The molecule has 0 unspecified atom stereocenters. The van der Waals surface area contributed by atoms with Crippen LogP contribution in [0.2, 0.25) is 0 Å². The van der Waals surface area contributed by atoms with E-state index in [1.54, 1.807) is 24.3 Å². The maximum Gasteiger partial charge on any atom is 1.00 e. The van der Waals surface area contributed by atoms with Crippen LogP contribution in [0, 0.1) is 17.8 Å². The van der Waals surface area contributed by atoms with Crippen LogP contribution in [0.15, 0.2) is 127 Å². The number of nitrogens with one attached hydrogen (secondary N) is 2. The SMILES string of the molecule is C.CCN(C(C)C)C(C)C.COC(=O)[C@@H](CC1CCCCC1)NC(=O)c1ccc2ccccc2c1.COC(=O)[C@H](N)CC1CCCCC1.Cl.O=C(Cl)c1ccc2ccccc2c1.O=C(N[C@H](CC1CCCCC1)C(=O)O)c1ccc2ccccc2c1.[Li+].[OH-]. The number of amides is 2. The molecule has 6 N–H and O–H groups in total. The number of rotatable bonds is 17. The summed E-state index contributed by atoms with van der Waals surface area (Å²) in [5, 5.41) is 20.9. The van der Waals surface area contributed by atoms with Gasteiger partial charge in [0.15, 0.2) is 0 Å². The number of halogens is 2. The second-order valence-electron chi connectivity index (χ2n) is 23.2. The Morgan fingerprint density at radius 3 is 1.16 bits per heavy atom. The molecular formula is C71H99Cl2LiN4O10. The molecule has 0 spiro atoms. The third-order valence-corrected chi connectivity index (χ3v) is 16.7. The van der Waals surface area contributed by atoms with Crippen molar-refractivity contribution in [2.75, 3.05) is 20.8 Å². The number of ether oxygens (including phenoxy) is 2. The normalized spacial score (nSPS) is 15.0. The molecule has 17 heteroatoms. The third kappa shape index (κ3) is 27.1. The van der Waals surface area contributed by atoms with Gasteiger partial charge in [-0.05, 0) is 152 Å². The van der Waals surface area contributed by atoms with Gasteiger partial charge in [0.05, 0.1) is 14.2 Å². The average Bonchev–Trinajstić information content (AvgIpc) is 3.31. The first-order valence-corrected chi connectivity index (χ1v) is 31.0. The Bertz CT molecular complexity index is 3030. The van der Waals surface area contributed by atoms with E-state index in [0.29, 0.717) is 59.4 Å². The van der Waals surface area contributed by atoms with E-state index in [2.05, 4.69) is 54.9 Å². The number of esters is 2. The number of carbonyl (C=O) groups is 6. The molecule has 3 aliphatic rings. The molecule has 14 nitrogen and oxygen atoms in total. The van der Waals surface area contributed by atoms with Crippen LogP contribution in [0.25, 0.3) is 32.3 Å². The summed E-state index contributed by atoms with van der Waals surface area (Å²) < 4.78 is 9.50. The molecule has 6 aromatic rings. The van der Waals surface area contributed by atoms with Crippen LogP contribution < -0.4 is 35.2 Å². The summed E-state index contributed by atoms with van der Waals surface area (Å²) in [4.78, 5) is 73.1. The topological polar surface area (TPSA) is 224 Å². The van der Waals surface area contributed by atoms with E-state index >= 15 is 0 Å². The molecule has 3 fully saturated rings. The fraction of sp³-hybridized carbons (Fsp3) is 0.493. The Morgan fingerprint density at radius 2 is 0.841 bits per heavy atom. The van der Waals surface area contributed by atoms with Crippen molar-refractivity contribution < 1.29 is 67.7 Å². The number of benzene rings is 6. The molecule has 478 valence electrons. The zero-order valence-corrected chi connectivity index (χ0v) is 54.2. The molecule has 0 radical (unpaired) electrons. The molecule has 3 saturated carbocycles. The van der Waals surface area contributed by atoms with E-state index in [4.69, 9.17) is 22.1 Å². The van der Waals surface area contributed by atoms with Gasteiger partial charge < -0.3 is 36.4 Å². The molecule has 9 rings (SSSR count). The van der Waals surface area contributed by atoms with Crippen LogP contribution in [0.3, 0.4) is 0 Å². The van der Waals surface area contributed by atoms with E-state index in [1.165, 1.54) is 72.0 Å². The van der Waals surface area contributed by atoms with Gasteiger partial charge in [0, 0.05) is 28.8 Å². The van der Waals surface area contributed by atoms with Gasteiger partial charge in [-0.15, -0.1) is 12.4 Å². The van der Waals surface area contributed by atoms with E-state index < -0.39 is 29.3 Å². The first-order valence-electron chi connectivity index (χ1n) is 30.6. The number of aliphatic carboxylic acids is 1. The Hall–Kier alpha value is -5.82. The predicted molar refractivity (Wildman–Crippen MR) is 356 cm³/mol. The molecule has 6 aromatic carbocycles. The minimum atomic E-state index is -0.949. The monoisotopic (exact) mass is 1240 g/mol. The van der Waals surface area contributed by atoms with Gasteiger partial charge in [-0.25, -0.2) is 9.59 Å². The van der Waals surface area contributed by atoms with Crippen molar-refractivity contribution in [1.29, 1.82) is 0 Å². The van der Waals surface area contributed by atoms with Crippen molar-refractivity contribution >= 4 is 91.3 Å². The van der Waals surface area contributed by atoms with Crippen molar-refractivity contribution in [3.8, 4) is 0 Å². The number of hydrogen-bond donors (Lipinski definition) is 4. The van der Waals surface area contributed by atoms with E-state index in [1.807, 2.05) is 103 Å². The number of fused-ring (bicyclic) bond motifs is 3. The predicted octanol–water partition coefficient (Wildman–Crippen LogP) is 12.8. The van der Waals surface area contributed by atoms with Gasteiger partial charge in [-0.3, -0.25) is 24.1 Å². The molecule has 3 atom stereocenters. The average molecular weight is 1250 g/mol. The number of carbonyl (C=O) groups excluding carboxylic acids is 5. The van der Waals surface area contributed by atoms with Crippen LogP contribution in [0.5, 0.6) is 0 Å². The first-order chi connectivity index (χ1) is 40.4. The molecular weight excluding hydrogens is 1150 g/mol. The van der Waals surface area contributed by atoms with Gasteiger partial charge in [0.2, 0.25) is 0 Å². The van der Waals surface area contributed by atoms with Crippen LogP contribution in [0.1, 0.15) is 189 Å². The Labute approximate surface area is 547 Å². The summed E-state index contributed by atoms with van der Waals surface area (Å²) in [5.74, 6) is -0.602. The van der Waals surface area contributed by atoms with E-state index in [-0.39, 0.29) is 67.9 Å². The molecule has 0 heterocycles. The number of nitrogens with two attached hydrogens (primary N) is 1.